The molecule has 0 unspecified atom stereocenters. The summed E-state index contributed by atoms with van der Waals surface area (Å²) in [5.74, 6) is 7.93. The lowest BCUT2D eigenvalue weighted by molar-refractivity contribution is 0.0390. The molecule has 3 aliphatic rings. The number of hydrogen-bond acceptors (Lipinski definition) is 5. The summed E-state index contributed by atoms with van der Waals surface area (Å²) in [6, 6.07) is 11.1. The quantitative estimate of drug-likeness (QED) is 0.377. The lowest BCUT2D eigenvalue weighted by atomic mass is 9.77. The van der Waals surface area contributed by atoms with E-state index in [9.17, 15) is 5.11 Å². The van der Waals surface area contributed by atoms with E-state index < -0.39 is 5.60 Å². The van der Waals surface area contributed by atoms with Gasteiger partial charge in [-0.15, -0.1) is 10.2 Å². The van der Waals surface area contributed by atoms with Crippen molar-refractivity contribution < 1.29 is 9.50 Å². The second-order valence-electron chi connectivity index (χ2n) is 10.8. The van der Waals surface area contributed by atoms with Crippen LogP contribution < -0.4 is 4.90 Å². The molecule has 1 spiro atoms. The molecular weight excluding hydrogens is 453 g/mol. The average Bonchev–Trinajstić information content (AvgIpc) is 3.56. The fraction of sp³-hybridized carbons (Fsp3) is 0.414. The molecule has 2 saturated carbocycles. The Morgan fingerprint density at radius 2 is 1.78 bits per heavy atom. The maximum atomic E-state index is 15.3. The molecule has 2 aliphatic carbocycles. The summed E-state index contributed by atoms with van der Waals surface area (Å²) < 4.78 is 17.1. The molecule has 7 heteroatoms. The molecule has 182 valence electrons. The summed E-state index contributed by atoms with van der Waals surface area (Å²) in [5, 5.41) is 20.0. The van der Waals surface area contributed by atoms with E-state index in [4.69, 9.17) is 4.98 Å². The van der Waals surface area contributed by atoms with Gasteiger partial charge in [0.2, 0.25) is 0 Å². The normalized spacial score (nSPS) is 19.8. The fourth-order valence-electron chi connectivity index (χ4n) is 6.11. The Morgan fingerprint density at radius 3 is 2.58 bits per heavy atom. The summed E-state index contributed by atoms with van der Waals surface area (Å²) >= 11 is 0. The molecule has 2 aromatic heterocycles. The zero-order valence-corrected chi connectivity index (χ0v) is 20.4. The lowest BCUT2D eigenvalue weighted by Gasteiger charge is -2.33. The molecular formula is C29H28FN5O. The highest BCUT2D eigenvalue weighted by molar-refractivity contribution is 5.94. The van der Waals surface area contributed by atoms with E-state index in [-0.39, 0.29) is 5.82 Å². The monoisotopic (exact) mass is 481 g/mol. The molecule has 0 bridgehead atoms. The van der Waals surface area contributed by atoms with Gasteiger partial charge in [-0.1, -0.05) is 24.0 Å². The summed E-state index contributed by atoms with van der Waals surface area (Å²) in [7, 11) is 0. The molecule has 0 saturated heterocycles. The minimum atomic E-state index is -0.900. The fourth-order valence-corrected chi connectivity index (χ4v) is 6.11. The van der Waals surface area contributed by atoms with Gasteiger partial charge >= 0.3 is 0 Å². The first kappa shape index (κ1) is 21.8. The highest BCUT2D eigenvalue weighted by Crippen LogP contribution is 2.57. The van der Waals surface area contributed by atoms with Gasteiger partial charge in [0.05, 0.1) is 10.9 Å². The maximum Gasteiger partial charge on any atom is 0.257 e. The topological polar surface area (TPSA) is 66.5 Å². The van der Waals surface area contributed by atoms with Crippen LogP contribution in [0.5, 0.6) is 0 Å². The van der Waals surface area contributed by atoms with Crippen molar-refractivity contribution >= 4 is 28.2 Å². The van der Waals surface area contributed by atoms with Crippen molar-refractivity contribution in [3.63, 3.8) is 0 Å². The Balaban J connectivity index is 1.32. The van der Waals surface area contributed by atoms with Crippen molar-refractivity contribution in [2.75, 3.05) is 11.4 Å². The number of fused-ring (bicyclic) bond motifs is 4. The number of aromatic nitrogens is 4. The number of hydrogen-bond donors (Lipinski definition) is 1. The van der Waals surface area contributed by atoms with Gasteiger partial charge in [0.25, 0.3) is 5.78 Å². The molecule has 0 radical (unpaired) electrons. The van der Waals surface area contributed by atoms with Crippen LogP contribution in [0.2, 0.25) is 0 Å². The van der Waals surface area contributed by atoms with Gasteiger partial charge in [-0.25, -0.2) is 4.39 Å². The largest absolute Gasteiger partial charge is 0.378 e. The summed E-state index contributed by atoms with van der Waals surface area (Å²) in [5.41, 5.74) is 3.35. The van der Waals surface area contributed by atoms with Crippen molar-refractivity contribution in [3.8, 4) is 11.8 Å². The number of nitrogens with zero attached hydrogens (tertiary/aromatic N) is 5. The van der Waals surface area contributed by atoms with Crippen LogP contribution in [-0.2, 0) is 6.42 Å². The van der Waals surface area contributed by atoms with Gasteiger partial charge < -0.3 is 10.0 Å². The van der Waals surface area contributed by atoms with Crippen molar-refractivity contribution in [2.24, 2.45) is 5.41 Å². The highest BCUT2D eigenvalue weighted by Gasteiger charge is 2.48. The first-order chi connectivity index (χ1) is 17.5. The van der Waals surface area contributed by atoms with E-state index in [1.807, 2.05) is 25.1 Å². The third-order valence-electron chi connectivity index (χ3n) is 8.50. The van der Waals surface area contributed by atoms with Crippen molar-refractivity contribution in [3.05, 3.63) is 59.2 Å². The van der Waals surface area contributed by atoms with Crippen LogP contribution in [0, 0.1) is 30.0 Å². The standard InChI is InChI=1S/C29H28FN5O/c1-19-32-33-27-31-26(25-22(30)7-3-9-24(25)35(19)27)34-18-4-6-21-20(5-2-8-23(21)34)10-11-29(36)16-14-28(12-13-28)15-17-29/h2-3,5,7-9,36H,4,6,12-18H2,1H3. The average molecular weight is 482 g/mol. The van der Waals surface area contributed by atoms with Crippen LogP contribution in [0.25, 0.3) is 16.7 Å². The van der Waals surface area contributed by atoms with Gasteiger partial charge in [0.15, 0.2) is 0 Å². The Labute approximate surface area is 209 Å². The van der Waals surface area contributed by atoms with Crippen LogP contribution in [0.4, 0.5) is 15.9 Å². The first-order valence-electron chi connectivity index (χ1n) is 12.9. The first-order valence-corrected chi connectivity index (χ1v) is 12.9. The number of anilines is 2. The Hall–Kier alpha value is -3.50. The predicted molar refractivity (Wildman–Crippen MR) is 137 cm³/mol. The lowest BCUT2D eigenvalue weighted by Crippen LogP contribution is -2.33. The Bertz CT molecular complexity index is 1580. The van der Waals surface area contributed by atoms with E-state index in [1.165, 1.54) is 18.9 Å². The van der Waals surface area contributed by atoms with E-state index in [0.29, 0.717) is 33.7 Å². The molecule has 0 amide bonds. The Morgan fingerprint density at radius 1 is 1.00 bits per heavy atom. The SMILES string of the molecule is Cc1nnc2nc(N3CCCc4c(C#CC5(O)CCC6(CC5)CC6)cccc43)c3c(F)cccc3n12. The second kappa shape index (κ2) is 7.75. The number of benzene rings is 2. The molecule has 6 nitrogen and oxygen atoms in total. The van der Waals surface area contributed by atoms with Gasteiger partial charge in [0, 0.05) is 17.8 Å². The molecule has 1 aliphatic heterocycles. The van der Waals surface area contributed by atoms with Crippen LogP contribution in [0.1, 0.15) is 61.9 Å². The third kappa shape index (κ3) is 3.39. The summed E-state index contributed by atoms with van der Waals surface area (Å²) in [6.07, 6.45) is 8.06. The van der Waals surface area contributed by atoms with Crippen molar-refractivity contribution in [1.29, 1.82) is 0 Å². The van der Waals surface area contributed by atoms with Crippen LogP contribution in [0.3, 0.4) is 0 Å². The molecule has 1 N–H and O–H groups in total. The highest BCUT2D eigenvalue weighted by atomic mass is 19.1. The van der Waals surface area contributed by atoms with E-state index in [0.717, 1.165) is 61.9 Å². The van der Waals surface area contributed by atoms with Crippen LogP contribution in [0.15, 0.2) is 36.4 Å². The Kier molecular flexibility index (Phi) is 4.68. The summed E-state index contributed by atoms with van der Waals surface area (Å²) in [6.45, 7) is 2.56. The molecule has 3 heterocycles. The van der Waals surface area contributed by atoms with E-state index in [1.54, 1.807) is 10.5 Å². The number of aryl methyl sites for hydroxylation is 1. The smallest absolute Gasteiger partial charge is 0.257 e. The molecule has 4 aromatic rings. The van der Waals surface area contributed by atoms with Gasteiger partial charge in [0.1, 0.15) is 23.1 Å². The van der Waals surface area contributed by atoms with E-state index in [2.05, 4.69) is 33.0 Å². The van der Waals surface area contributed by atoms with Crippen LogP contribution >= 0.6 is 0 Å². The zero-order chi connectivity index (χ0) is 24.5. The number of halogens is 1. The number of rotatable bonds is 1. The van der Waals surface area contributed by atoms with Crippen molar-refractivity contribution in [2.45, 2.75) is 63.9 Å². The second-order valence-corrected chi connectivity index (χ2v) is 10.8. The van der Waals surface area contributed by atoms with Gasteiger partial charge in [-0.05, 0) is 93.5 Å². The van der Waals surface area contributed by atoms with Crippen LogP contribution in [-0.4, -0.2) is 36.8 Å². The minimum absolute atomic E-state index is 0.318. The van der Waals surface area contributed by atoms with Gasteiger partial charge in [-0.2, -0.15) is 4.98 Å². The van der Waals surface area contributed by atoms with Gasteiger partial charge in [-0.3, -0.25) is 4.40 Å². The molecule has 2 fully saturated rings. The maximum absolute atomic E-state index is 15.3. The predicted octanol–water partition coefficient (Wildman–Crippen LogP) is 5.25. The molecule has 7 rings (SSSR count). The zero-order valence-electron chi connectivity index (χ0n) is 20.4. The summed E-state index contributed by atoms with van der Waals surface area (Å²) in [4.78, 5) is 6.88. The van der Waals surface area contributed by atoms with Crippen molar-refractivity contribution in [1.82, 2.24) is 19.6 Å². The minimum Gasteiger partial charge on any atom is -0.378 e. The molecule has 2 aromatic carbocycles. The number of aliphatic hydroxyl groups is 1. The van der Waals surface area contributed by atoms with E-state index >= 15 is 4.39 Å². The molecule has 36 heavy (non-hydrogen) atoms. The molecule has 0 atom stereocenters. The third-order valence-corrected chi connectivity index (χ3v) is 8.50.